The maximum Gasteiger partial charge on any atom is 0.255 e. The molecule has 170 valence electrons. The highest BCUT2D eigenvalue weighted by Crippen LogP contribution is 2.33. The fourth-order valence-electron chi connectivity index (χ4n) is 4.93. The van der Waals surface area contributed by atoms with Gasteiger partial charge in [0.05, 0.1) is 11.3 Å². The summed E-state index contributed by atoms with van der Waals surface area (Å²) in [5, 5.41) is 3.22. The Morgan fingerprint density at radius 2 is 1.52 bits per heavy atom. The summed E-state index contributed by atoms with van der Waals surface area (Å²) < 4.78 is 0. The molecule has 0 bridgehead atoms. The van der Waals surface area contributed by atoms with Gasteiger partial charge in [0.2, 0.25) is 0 Å². The molecule has 0 saturated carbocycles. The molecule has 5 nitrogen and oxygen atoms in total. The van der Waals surface area contributed by atoms with E-state index in [0.29, 0.717) is 0 Å². The Balaban J connectivity index is 1.22. The second kappa shape index (κ2) is 9.67. The van der Waals surface area contributed by atoms with Crippen molar-refractivity contribution in [3.05, 3.63) is 95.6 Å². The van der Waals surface area contributed by atoms with Crippen LogP contribution in [0.5, 0.6) is 0 Å². The SMILES string of the molecule is Cc1ccc(N2CCN(CCCN3c4ccccc4C(=O)NC3c3ccccc3)CC2)cc1. The Morgan fingerprint density at radius 1 is 0.818 bits per heavy atom. The van der Waals surface area contributed by atoms with E-state index in [-0.39, 0.29) is 12.1 Å². The number of carbonyl (C=O) groups is 1. The van der Waals surface area contributed by atoms with E-state index in [2.05, 4.69) is 69.4 Å². The molecule has 1 amide bonds. The lowest BCUT2D eigenvalue weighted by molar-refractivity contribution is 0.0926. The third kappa shape index (κ3) is 4.74. The van der Waals surface area contributed by atoms with Crippen LogP contribution in [0.1, 0.15) is 34.1 Å². The van der Waals surface area contributed by atoms with Crippen LogP contribution in [0.15, 0.2) is 78.9 Å². The number of hydrogen-bond donors (Lipinski definition) is 1. The first-order chi connectivity index (χ1) is 16.2. The number of nitrogens with zero attached hydrogens (tertiary/aromatic N) is 3. The number of para-hydroxylation sites is 1. The molecule has 1 unspecified atom stereocenters. The van der Waals surface area contributed by atoms with Crippen LogP contribution in [-0.4, -0.2) is 50.1 Å². The topological polar surface area (TPSA) is 38.8 Å². The summed E-state index contributed by atoms with van der Waals surface area (Å²) in [6.45, 7) is 8.41. The van der Waals surface area contributed by atoms with E-state index >= 15 is 0 Å². The van der Waals surface area contributed by atoms with Crippen molar-refractivity contribution in [1.29, 1.82) is 0 Å². The second-order valence-electron chi connectivity index (χ2n) is 9.02. The summed E-state index contributed by atoms with van der Waals surface area (Å²) in [5.41, 5.74) is 5.54. The maximum atomic E-state index is 12.8. The Bertz CT molecular complexity index is 1070. The van der Waals surface area contributed by atoms with Gasteiger partial charge in [-0.3, -0.25) is 9.69 Å². The third-order valence-corrected chi connectivity index (χ3v) is 6.80. The van der Waals surface area contributed by atoms with Gasteiger partial charge in [-0.1, -0.05) is 60.2 Å². The predicted octanol–water partition coefficient (Wildman–Crippen LogP) is 4.46. The molecule has 2 aliphatic rings. The van der Waals surface area contributed by atoms with E-state index in [1.165, 1.54) is 11.3 Å². The highest BCUT2D eigenvalue weighted by Gasteiger charge is 2.31. The molecule has 0 aliphatic carbocycles. The Hall–Kier alpha value is -3.31. The molecule has 0 radical (unpaired) electrons. The molecule has 5 heteroatoms. The minimum absolute atomic E-state index is 0.00271. The first-order valence-electron chi connectivity index (χ1n) is 11.9. The van der Waals surface area contributed by atoms with E-state index in [0.717, 1.165) is 62.5 Å². The molecule has 2 aliphatic heterocycles. The third-order valence-electron chi connectivity index (χ3n) is 6.80. The first-order valence-corrected chi connectivity index (χ1v) is 11.9. The average molecular weight is 441 g/mol. The van der Waals surface area contributed by atoms with Gasteiger partial charge in [0.1, 0.15) is 6.17 Å². The van der Waals surface area contributed by atoms with Crippen LogP contribution in [0.3, 0.4) is 0 Å². The van der Waals surface area contributed by atoms with Crippen LogP contribution < -0.4 is 15.1 Å². The fourth-order valence-corrected chi connectivity index (χ4v) is 4.93. The van der Waals surface area contributed by atoms with Crippen molar-refractivity contribution in [2.24, 2.45) is 0 Å². The standard InChI is InChI=1S/C28H32N4O/c1-22-12-14-24(15-13-22)31-20-18-30(19-21-31)16-7-17-32-26-11-6-5-10-25(26)28(33)29-27(32)23-8-3-2-4-9-23/h2-6,8-15,27H,7,16-21H2,1H3,(H,29,33). The van der Waals surface area contributed by atoms with Gasteiger partial charge in [-0.25, -0.2) is 0 Å². The number of rotatable bonds is 6. The van der Waals surface area contributed by atoms with E-state index in [4.69, 9.17) is 0 Å². The number of nitrogens with one attached hydrogen (secondary N) is 1. The number of amides is 1. The van der Waals surface area contributed by atoms with Gasteiger partial charge in [-0.2, -0.15) is 0 Å². The predicted molar refractivity (Wildman–Crippen MR) is 135 cm³/mol. The van der Waals surface area contributed by atoms with Gasteiger partial charge >= 0.3 is 0 Å². The second-order valence-corrected chi connectivity index (χ2v) is 9.02. The molecular weight excluding hydrogens is 408 g/mol. The van der Waals surface area contributed by atoms with Crippen LogP contribution in [0.2, 0.25) is 0 Å². The van der Waals surface area contributed by atoms with E-state index < -0.39 is 0 Å². The van der Waals surface area contributed by atoms with Crippen molar-refractivity contribution < 1.29 is 4.79 Å². The maximum absolute atomic E-state index is 12.8. The minimum Gasteiger partial charge on any atom is -0.369 e. The Kier molecular flexibility index (Phi) is 6.31. The van der Waals surface area contributed by atoms with E-state index in [9.17, 15) is 4.79 Å². The molecular formula is C28H32N4O. The minimum atomic E-state index is -0.132. The van der Waals surface area contributed by atoms with Crippen LogP contribution in [0.25, 0.3) is 0 Å². The van der Waals surface area contributed by atoms with Crippen LogP contribution in [0, 0.1) is 6.92 Å². The van der Waals surface area contributed by atoms with Crippen molar-refractivity contribution in [3.8, 4) is 0 Å². The summed E-state index contributed by atoms with van der Waals surface area (Å²) in [4.78, 5) is 20.2. The largest absolute Gasteiger partial charge is 0.369 e. The van der Waals surface area contributed by atoms with Gasteiger partial charge in [0.15, 0.2) is 0 Å². The number of aryl methyl sites for hydroxylation is 1. The molecule has 3 aromatic carbocycles. The lowest BCUT2D eigenvalue weighted by atomic mass is 10.0. The monoisotopic (exact) mass is 440 g/mol. The molecule has 5 rings (SSSR count). The number of carbonyl (C=O) groups excluding carboxylic acids is 1. The lowest BCUT2D eigenvalue weighted by Gasteiger charge is -2.40. The summed E-state index contributed by atoms with van der Waals surface area (Å²) in [6, 6.07) is 27.1. The number of anilines is 2. The normalized spacial score (nSPS) is 18.7. The molecule has 1 saturated heterocycles. The van der Waals surface area contributed by atoms with Crippen LogP contribution >= 0.6 is 0 Å². The summed E-state index contributed by atoms with van der Waals surface area (Å²) in [7, 11) is 0. The van der Waals surface area contributed by atoms with Crippen molar-refractivity contribution in [1.82, 2.24) is 10.2 Å². The Morgan fingerprint density at radius 3 is 2.27 bits per heavy atom. The molecule has 33 heavy (non-hydrogen) atoms. The zero-order chi connectivity index (χ0) is 22.6. The molecule has 0 aromatic heterocycles. The summed E-state index contributed by atoms with van der Waals surface area (Å²) >= 11 is 0. The number of piperazine rings is 1. The zero-order valence-electron chi connectivity index (χ0n) is 19.3. The number of fused-ring (bicyclic) bond motifs is 1. The smallest absolute Gasteiger partial charge is 0.255 e. The van der Waals surface area contributed by atoms with Crippen molar-refractivity contribution in [2.75, 3.05) is 49.1 Å². The van der Waals surface area contributed by atoms with Crippen molar-refractivity contribution in [2.45, 2.75) is 19.5 Å². The highest BCUT2D eigenvalue weighted by molar-refractivity contribution is 6.02. The van der Waals surface area contributed by atoms with Crippen LogP contribution in [0.4, 0.5) is 11.4 Å². The van der Waals surface area contributed by atoms with E-state index in [1.54, 1.807) is 0 Å². The average Bonchev–Trinajstić information content (AvgIpc) is 2.87. The van der Waals surface area contributed by atoms with Gasteiger partial charge in [0.25, 0.3) is 5.91 Å². The fraction of sp³-hybridized carbons (Fsp3) is 0.321. The molecule has 1 fully saturated rings. The zero-order valence-corrected chi connectivity index (χ0v) is 19.3. The lowest BCUT2D eigenvalue weighted by Crippen LogP contribution is -2.49. The van der Waals surface area contributed by atoms with E-state index in [1.807, 2.05) is 36.4 Å². The van der Waals surface area contributed by atoms with Gasteiger partial charge in [-0.15, -0.1) is 0 Å². The quantitative estimate of drug-likeness (QED) is 0.614. The molecule has 1 N–H and O–H groups in total. The van der Waals surface area contributed by atoms with Gasteiger partial charge < -0.3 is 15.1 Å². The highest BCUT2D eigenvalue weighted by atomic mass is 16.2. The molecule has 0 spiro atoms. The van der Waals surface area contributed by atoms with Crippen molar-refractivity contribution >= 4 is 17.3 Å². The molecule has 2 heterocycles. The van der Waals surface area contributed by atoms with Crippen molar-refractivity contribution in [3.63, 3.8) is 0 Å². The summed E-state index contributed by atoms with van der Waals surface area (Å²) in [6.07, 6.45) is 0.921. The Labute approximate surface area is 196 Å². The summed E-state index contributed by atoms with van der Waals surface area (Å²) in [5.74, 6) is 0.00271. The first kappa shape index (κ1) is 21.5. The molecule has 3 aromatic rings. The number of hydrogen-bond acceptors (Lipinski definition) is 4. The number of benzene rings is 3. The van der Waals surface area contributed by atoms with Gasteiger partial charge in [0, 0.05) is 38.4 Å². The van der Waals surface area contributed by atoms with Gasteiger partial charge in [-0.05, 0) is 49.7 Å². The molecule has 1 atom stereocenters. The van der Waals surface area contributed by atoms with Crippen LogP contribution in [-0.2, 0) is 0 Å².